The molecular formula is C24H51N3Y3-6. The van der Waals surface area contributed by atoms with Crippen molar-refractivity contribution >= 4 is 18.6 Å². The molecule has 0 aliphatic rings. The van der Waals surface area contributed by atoms with E-state index in [1.807, 2.05) is 48.5 Å². The summed E-state index contributed by atoms with van der Waals surface area (Å²) in [5.74, 6) is 1.28. The predicted octanol–water partition coefficient (Wildman–Crippen LogP) is 7.34. The molecule has 177 valence electrons. The van der Waals surface area contributed by atoms with Crippen molar-refractivity contribution in [1.82, 2.24) is 0 Å². The molecule has 0 fully saturated rings. The van der Waals surface area contributed by atoms with Crippen molar-refractivity contribution in [3.63, 3.8) is 0 Å². The maximum absolute atomic E-state index is 4.09. The van der Waals surface area contributed by atoms with E-state index in [9.17, 15) is 0 Å². The maximum atomic E-state index is 4.09. The number of rotatable bonds is 6. The van der Waals surface area contributed by atoms with E-state index in [0.29, 0.717) is 24.3 Å². The summed E-state index contributed by atoms with van der Waals surface area (Å²) in [4.78, 5) is 11.9. The van der Waals surface area contributed by atoms with Gasteiger partial charge in [-0.1, -0.05) is 84.6 Å². The van der Waals surface area contributed by atoms with Gasteiger partial charge in [0.2, 0.25) is 0 Å². The zero-order chi connectivity index (χ0) is 19.8. The van der Waals surface area contributed by atoms with Gasteiger partial charge in [0.15, 0.2) is 0 Å². The van der Waals surface area contributed by atoms with E-state index < -0.39 is 0 Å². The summed E-state index contributed by atoms with van der Waals surface area (Å²) in [6, 6.07) is 0.150. The van der Waals surface area contributed by atoms with Crippen LogP contribution in [0.5, 0.6) is 0 Å². The smallest absolute Gasteiger partial charge is 0 e. The predicted molar refractivity (Wildman–Crippen MR) is 131 cm³/mol. The summed E-state index contributed by atoms with van der Waals surface area (Å²) < 4.78 is 0. The monoisotopic (exact) mass is 648 g/mol. The molecule has 6 heteroatoms. The molecule has 0 aromatic carbocycles. The molecule has 0 aliphatic heterocycles. The van der Waals surface area contributed by atoms with Crippen LogP contribution in [0.1, 0.15) is 84.6 Å². The third-order valence-corrected chi connectivity index (χ3v) is 1.64. The summed E-state index contributed by atoms with van der Waals surface area (Å²) in [5, 5.41) is 0. The maximum Gasteiger partial charge on any atom is 0 e. The van der Waals surface area contributed by atoms with Crippen LogP contribution < -0.4 is 0 Å². The van der Waals surface area contributed by atoms with Crippen molar-refractivity contribution in [3.8, 4) is 0 Å². The Labute approximate surface area is 269 Å². The zero-order valence-electron chi connectivity index (χ0n) is 19.2. The average Bonchev–Trinajstić information content (AvgIpc) is 2.41. The van der Waals surface area contributed by atoms with Gasteiger partial charge >= 0.3 is 0 Å². The van der Waals surface area contributed by atoms with Crippen LogP contribution in [0, 0.1) is 38.5 Å². The third kappa shape index (κ3) is 86.9. The molecule has 1 unspecified atom stereocenters. The molecular weight excluding hydrogens is 597 g/mol. The average molecular weight is 648 g/mol. The van der Waals surface area contributed by atoms with E-state index in [4.69, 9.17) is 0 Å². The fraction of sp³-hybridized carbons (Fsp3) is 0.750. The van der Waals surface area contributed by atoms with Crippen LogP contribution in [0.2, 0.25) is 0 Å². The van der Waals surface area contributed by atoms with Crippen molar-refractivity contribution in [1.29, 1.82) is 0 Å². The van der Waals surface area contributed by atoms with Crippen LogP contribution in [0.15, 0.2) is 15.0 Å². The minimum Gasteiger partial charge on any atom is -0.533 e. The Bertz CT molecular complexity index is 334. The molecule has 0 saturated heterocycles. The summed E-state index contributed by atoms with van der Waals surface area (Å²) in [6.07, 6.45) is 8.71. The van der Waals surface area contributed by atoms with Gasteiger partial charge < -0.3 is 54.4 Å². The summed E-state index contributed by atoms with van der Waals surface area (Å²) in [5.41, 5.74) is -0.204. The van der Waals surface area contributed by atoms with Gasteiger partial charge in [0, 0.05) is 98.1 Å². The fourth-order valence-electron chi connectivity index (χ4n) is 0.827. The van der Waals surface area contributed by atoms with Crippen molar-refractivity contribution in [2.24, 2.45) is 32.7 Å². The molecule has 0 spiro atoms. The molecule has 0 amide bonds. The largest absolute Gasteiger partial charge is 0.533 e. The van der Waals surface area contributed by atoms with Crippen LogP contribution in [0.3, 0.4) is 0 Å². The Morgan fingerprint density at radius 1 is 0.733 bits per heavy atom. The summed E-state index contributed by atoms with van der Waals surface area (Å²) in [6.45, 7) is 29.8. The van der Waals surface area contributed by atoms with Gasteiger partial charge in [-0.05, 0) is 0 Å². The Balaban J connectivity index is -0.0000000288. The Morgan fingerprint density at radius 2 is 1.07 bits per heavy atom. The molecule has 0 aromatic heterocycles. The molecule has 0 aromatic rings. The van der Waals surface area contributed by atoms with Crippen molar-refractivity contribution in [2.45, 2.75) is 96.2 Å². The third-order valence-electron chi connectivity index (χ3n) is 1.64. The van der Waals surface area contributed by atoms with Crippen LogP contribution in [0.25, 0.3) is 0 Å². The second kappa shape index (κ2) is 38.6. The zero-order valence-corrected chi connectivity index (χ0v) is 27.7. The first-order valence-electron chi connectivity index (χ1n) is 8.64. The molecule has 0 rings (SSSR count). The first-order chi connectivity index (χ1) is 10.8. The number of nitrogens with zero attached hydrogens (tertiary/aromatic N) is 3. The van der Waals surface area contributed by atoms with Gasteiger partial charge in [-0.15, -0.1) is 18.1 Å². The normalized spacial score (nSPS) is 10.9. The van der Waals surface area contributed by atoms with Crippen LogP contribution >= 0.6 is 0 Å². The van der Waals surface area contributed by atoms with Crippen molar-refractivity contribution in [2.75, 3.05) is 6.54 Å². The first kappa shape index (κ1) is 58.3. The van der Waals surface area contributed by atoms with Gasteiger partial charge in [0.1, 0.15) is 0 Å². The molecule has 1 atom stereocenters. The van der Waals surface area contributed by atoms with Crippen molar-refractivity contribution in [3.05, 3.63) is 20.8 Å². The Morgan fingerprint density at radius 3 is 1.17 bits per heavy atom. The van der Waals surface area contributed by atoms with Gasteiger partial charge in [-0.25, -0.2) is 0 Å². The summed E-state index contributed by atoms with van der Waals surface area (Å²) in [7, 11) is 0. The van der Waals surface area contributed by atoms with E-state index in [1.165, 1.54) is 0 Å². The molecule has 30 heavy (non-hydrogen) atoms. The number of hydrogen-bond donors (Lipinski definition) is 0. The van der Waals surface area contributed by atoms with Crippen molar-refractivity contribution < 1.29 is 98.1 Å². The van der Waals surface area contributed by atoms with Gasteiger partial charge in [-0.2, -0.15) is 17.8 Å². The number of aliphatic imine (C=N–C) groups is 3. The topological polar surface area (TPSA) is 37.1 Å². The molecule has 0 heterocycles. The SMILES string of the molecule is C.C.C.[CH2-]C(C)(C)N=[C-]C(C)C.[CH2-]C(C)N=[C-]C(C)C.[CH2-]CN=[C-]C(C)C.[Y].[Y].[Y]. The Hall–Kier alpha value is 2.32. The van der Waals surface area contributed by atoms with Crippen LogP contribution in [-0.4, -0.2) is 36.8 Å². The van der Waals surface area contributed by atoms with E-state index in [0.717, 1.165) is 0 Å². The first-order valence-corrected chi connectivity index (χ1v) is 8.64. The minimum atomic E-state index is -0.204. The molecule has 0 bridgehead atoms. The van der Waals surface area contributed by atoms with Crippen LogP contribution in [-0.2, 0) is 98.1 Å². The minimum absolute atomic E-state index is 0. The second-order valence-corrected chi connectivity index (χ2v) is 7.14. The van der Waals surface area contributed by atoms with Gasteiger partial charge in [0.05, 0.1) is 0 Å². The van der Waals surface area contributed by atoms with Gasteiger partial charge in [0.25, 0.3) is 0 Å². The van der Waals surface area contributed by atoms with E-state index >= 15 is 0 Å². The molecule has 0 N–H and O–H groups in total. The van der Waals surface area contributed by atoms with E-state index in [2.05, 4.69) is 68.2 Å². The molecule has 3 radical (unpaired) electrons. The fourth-order valence-corrected chi connectivity index (χ4v) is 0.827. The second-order valence-electron chi connectivity index (χ2n) is 7.14. The Kier molecular flexibility index (Phi) is 75.0. The molecule has 3 nitrogen and oxygen atoms in total. The quantitative estimate of drug-likeness (QED) is 0.214. The van der Waals surface area contributed by atoms with Crippen LogP contribution in [0.4, 0.5) is 0 Å². The number of hydrogen-bond acceptors (Lipinski definition) is 3. The van der Waals surface area contributed by atoms with Gasteiger partial charge in [-0.3, -0.25) is 0 Å². The van der Waals surface area contributed by atoms with E-state index in [-0.39, 0.29) is 132 Å². The summed E-state index contributed by atoms with van der Waals surface area (Å²) >= 11 is 0. The van der Waals surface area contributed by atoms with E-state index in [1.54, 1.807) is 0 Å². The molecule has 0 aliphatic carbocycles. The standard InChI is InChI=1S/C8H15N.C7H13N.C6H11N.3CH4.3Y/c1-7(2)6-9-8(3,4)5;1-6(2)5-8-7(3)4;1-4-7-5-6(2)3;;;;;;/h7H,3H2,1-2,4-5H3;6-7H,3H2,1-2,4H3;6H,1,4H2,2-3H3;3*1H4;;;/q3*-2;;;;;;. The molecule has 0 saturated carbocycles.